The van der Waals surface area contributed by atoms with Gasteiger partial charge in [-0.3, -0.25) is 9.69 Å². The van der Waals surface area contributed by atoms with E-state index >= 15 is 0 Å². The van der Waals surface area contributed by atoms with Crippen molar-refractivity contribution >= 4 is 17.3 Å². The van der Waals surface area contributed by atoms with E-state index in [0.717, 1.165) is 13.0 Å². The molecule has 1 aliphatic rings. The second-order valence-corrected chi connectivity index (χ2v) is 6.01. The number of carbonyl (C=O) groups excluding carboxylic acids is 1. The quantitative estimate of drug-likeness (QED) is 0.836. The van der Waals surface area contributed by atoms with Crippen molar-refractivity contribution in [3.63, 3.8) is 0 Å². The Morgan fingerprint density at radius 3 is 2.71 bits per heavy atom. The van der Waals surface area contributed by atoms with Gasteiger partial charge in [-0.05, 0) is 38.3 Å². The maximum atomic E-state index is 12.4. The molecule has 0 aromatic heterocycles. The number of benzene rings is 1. The van der Waals surface area contributed by atoms with Crippen molar-refractivity contribution in [2.75, 3.05) is 24.7 Å². The number of hydrogen-bond acceptors (Lipinski definition) is 4. The van der Waals surface area contributed by atoms with Crippen LogP contribution in [0.15, 0.2) is 18.2 Å². The fraction of sp³-hybridized carbons (Fsp3) is 0.562. The second kappa shape index (κ2) is 6.35. The van der Waals surface area contributed by atoms with Gasteiger partial charge in [0.25, 0.3) is 0 Å². The number of anilines is 2. The van der Waals surface area contributed by atoms with Crippen molar-refractivity contribution < 1.29 is 9.53 Å². The van der Waals surface area contributed by atoms with Gasteiger partial charge in [0.1, 0.15) is 5.75 Å². The molecule has 116 valence electrons. The molecule has 1 saturated heterocycles. The number of methoxy groups -OCH3 is 1. The van der Waals surface area contributed by atoms with E-state index in [1.54, 1.807) is 25.3 Å². The van der Waals surface area contributed by atoms with E-state index in [2.05, 4.69) is 24.1 Å². The zero-order chi connectivity index (χ0) is 15.6. The molecule has 1 heterocycles. The van der Waals surface area contributed by atoms with E-state index in [1.807, 2.05) is 6.92 Å². The summed E-state index contributed by atoms with van der Waals surface area (Å²) < 4.78 is 5.11. The predicted molar refractivity (Wildman–Crippen MR) is 85.4 cm³/mol. The lowest BCUT2D eigenvalue weighted by Crippen LogP contribution is -2.43. The topological polar surface area (TPSA) is 67.6 Å². The fourth-order valence-corrected chi connectivity index (χ4v) is 3.04. The molecular weight excluding hydrogens is 266 g/mol. The predicted octanol–water partition coefficient (Wildman–Crippen LogP) is 2.33. The van der Waals surface area contributed by atoms with Crippen molar-refractivity contribution in [2.45, 2.75) is 39.3 Å². The summed E-state index contributed by atoms with van der Waals surface area (Å²) in [6, 6.07) is 5.55. The maximum Gasteiger partial charge on any atom is 0.241 e. The lowest BCUT2D eigenvalue weighted by atomic mass is 10.1. The molecule has 2 rings (SSSR count). The van der Waals surface area contributed by atoms with Crippen molar-refractivity contribution in [1.29, 1.82) is 0 Å². The van der Waals surface area contributed by atoms with E-state index in [1.165, 1.54) is 0 Å². The monoisotopic (exact) mass is 291 g/mol. The zero-order valence-electron chi connectivity index (χ0n) is 13.2. The smallest absolute Gasteiger partial charge is 0.241 e. The van der Waals surface area contributed by atoms with Gasteiger partial charge in [-0.1, -0.05) is 6.92 Å². The molecule has 3 atom stereocenters. The van der Waals surface area contributed by atoms with Gasteiger partial charge >= 0.3 is 0 Å². The van der Waals surface area contributed by atoms with Gasteiger partial charge in [0, 0.05) is 18.7 Å². The fourth-order valence-electron chi connectivity index (χ4n) is 3.04. The molecule has 5 nitrogen and oxygen atoms in total. The Hall–Kier alpha value is -1.75. The van der Waals surface area contributed by atoms with Gasteiger partial charge in [-0.25, -0.2) is 0 Å². The molecule has 1 aromatic carbocycles. The molecule has 0 bridgehead atoms. The number of ether oxygens (including phenoxy) is 1. The minimum atomic E-state index is -0.161. The lowest BCUT2D eigenvalue weighted by molar-refractivity contribution is -0.121. The summed E-state index contributed by atoms with van der Waals surface area (Å²) in [6.45, 7) is 7.31. The molecule has 1 fully saturated rings. The first-order valence-electron chi connectivity index (χ1n) is 7.42. The number of nitrogen functional groups attached to an aromatic ring is 1. The molecule has 21 heavy (non-hydrogen) atoms. The molecule has 0 spiro atoms. The van der Waals surface area contributed by atoms with E-state index in [4.69, 9.17) is 10.5 Å². The summed E-state index contributed by atoms with van der Waals surface area (Å²) in [5.41, 5.74) is 7.08. The van der Waals surface area contributed by atoms with Crippen LogP contribution in [-0.4, -0.2) is 36.5 Å². The Morgan fingerprint density at radius 2 is 2.19 bits per heavy atom. The summed E-state index contributed by atoms with van der Waals surface area (Å²) >= 11 is 0. The first kappa shape index (κ1) is 15.6. The Morgan fingerprint density at radius 1 is 1.48 bits per heavy atom. The highest BCUT2D eigenvalue weighted by molar-refractivity contribution is 5.97. The first-order chi connectivity index (χ1) is 9.92. The number of likely N-dealkylation sites (tertiary alicyclic amines) is 1. The highest BCUT2D eigenvalue weighted by Crippen LogP contribution is 2.27. The van der Waals surface area contributed by atoms with Crippen LogP contribution in [0, 0.1) is 5.92 Å². The molecule has 3 unspecified atom stereocenters. The highest BCUT2D eigenvalue weighted by atomic mass is 16.5. The first-order valence-corrected chi connectivity index (χ1v) is 7.42. The number of amides is 1. The molecule has 1 aromatic rings. The van der Waals surface area contributed by atoms with Gasteiger partial charge in [0.05, 0.1) is 24.5 Å². The third-order valence-electron chi connectivity index (χ3n) is 4.23. The average molecular weight is 291 g/mol. The van der Waals surface area contributed by atoms with Crippen LogP contribution >= 0.6 is 0 Å². The van der Waals surface area contributed by atoms with E-state index in [0.29, 0.717) is 29.1 Å². The molecule has 5 heteroatoms. The van der Waals surface area contributed by atoms with Crippen LogP contribution in [0.4, 0.5) is 11.4 Å². The van der Waals surface area contributed by atoms with Crippen molar-refractivity contribution in [2.24, 2.45) is 5.92 Å². The van der Waals surface area contributed by atoms with E-state index in [-0.39, 0.29) is 11.9 Å². The Kier molecular flexibility index (Phi) is 4.73. The number of hydrogen-bond donors (Lipinski definition) is 2. The summed E-state index contributed by atoms with van der Waals surface area (Å²) in [5, 5.41) is 2.91. The van der Waals surface area contributed by atoms with Crippen LogP contribution in [0.2, 0.25) is 0 Å². The minimum Gasteiger partial charge on any atom is -0.497 e. The van der Waals surface area contributed by atoms with Gasteiger partial charge in [-0.15, -0.1) is 0 Å². The average Bonchev–Trinajstić information content (AvgIpc) is 2.78. The van der Waals surface area contributed by atoms with Crippen LogP contribution in [0.25, 0.3) is 0 Å². The summed E-state index contributed by atoms with van der Waals surface area (Å²) in [7, 11) is 1.59. The van der Waals surface area contributed by atoms with Crippen LogP contribution in [0.1, 0.15) is 27.2 Å². The third kappa shape index (κ3) is 3.47. The Bertz CT molecular complexity index is 518. The standard InChI is InChI=1S/C16H25N3O2/c1-10-7-11(2)19(9-10)12(3)16(20)18-15-6-5-13(21-4)8-14(15)17/h5-6,8,10-12H,7,9,17H2,1-4H3,(H,18,20). The zero-order valence-corrected chi connectivity index (χ0v) is 13.2. The molecule has 1 aliphatic heterocycles. The van der Waals surface area contributed by atoms with Crippen LogP contribution in [-0.2, 0) is 4.79 Å². The van der Waals surface area contributed by atoms with Gasteiger partial charge in [0.2, 0.25) is 5.91 Å². The van der Waals surface area contributed by atoms with Gasteiger partial charge in [-0.2, -0.15) is 0 Å². The van der Waals surface area contributed by atoms with Crippen LogP contribution in [0.3, 0.4) is 0 Å². The van der Waals surface area contributed by atoms with Gasteiger partial charge in [0.15, 0.2) is 0 Å². The number of nitrogens with two attached hydrogens (primary N) is 1. The minimum absolute atomic E-state index is 0.0205. The molecule has 0 radical (unpaired) electrons. The van der Waals surface area contributed by atoms with Crippen molar-refractivity contribution in [3.8, 4) is 5.75 Å². The van der Waals surface area contributed by atoms with Crippen LogP contribution in [0.5, 0.6) is 5.75 Å². The summed E-state index contributed by atoms with van der Waals surface area (Å²) in [6.07, 6.45) is 1.14. The van der Waals surface area contributed by atoms with Crippen molar-refractivity contribution in [1.82, 2.24) is 4.90 Å². The van der Waals surface area contributed by atoms with Crippen molar-refractivity contribution in [3.05, 3.63) is 18.2 Å². The third-order valence-corrected chi connectivity index (χ3v) is 4.23. The van der Waals surface area contributed by atoms with Gasteiger partial charge < -0.3 is 15.8 Å². The lowest BCUT2D eigenvalue weighted by Gasteiger charge is -2.27. The number of rotatable bonds is 4. The summed E-state index contributed by atoms with van der Waals surface area (Å²) in [4.78, 5) is 14.7. The number of nitrogens with one attached hydrogen (secondary N) is 1. The van der Waals surface area contributed by atoms with Crippen LogP contribution < -0.4 is 15.8 Å². The largest absolute Gasteiger partial charge is 0.497 e. The molecule has 3 N–H and O–H groups in total. The normalized spacial score (nSPS) is 23.8. The van der Waals surface area contributed by atoms with E-state index in [9.17, 15) is 4.79 Å². The molecule has 0 saturated carbocycles. The maximum absolute atomic E-state index is 12.4. The number of nitrogens with zero attached hydrogens (tertiary/aromatic N) is 1. The molecular formula is C16H25N3O2. The molecule has 1 amide bonds. The van der Waals surface area contributed by atoms with E-state index < -0.39 is 0 Å². The summed E-state index contributed by atoms with van der Waals surface area (Å²) in [5.74, 6) is 1.30. The Balaban J connectivity index is 2.04. The number of carbonyl (C=O) groups is 1. The second-order valence-electron chi connectivity index (χ2n) is 6.01. The SMILES string of the molecule is COc1ccc(NC(=O)C(C)N2CC(C)CC2C)c(N)c1. The molecule has 0 aliphatic carbocycles. The Labute approximate surface area is 126 Å². The highest BCUT2D eigenvalue weighted by Gasteiger charge is 2.32.